The summed E-state index contributed by atoms with van der Waals surface area (Å²) in [5.41, 5.74) is 10.7. The molecule has 7 aromatic rings. The third kappa shape index (κ3) is 6.38. The molecule has 46 heavy (non-hydrogen) atoms. The Kier molecular flexibility index (Phi) is 8.51. The average molecular weight is 589 g/mol. The Labute approximate surface area is 270 Å². The molecule has 218 valence electrons. The Morgan fingerprint density at radius 1 is 0.478 bits per heavy atom. The van der Waals surface area contributed by atoms with Gasteiger partial charge in [0, 0.05) is 22.5 Å². The van der Waals surface area contributed by atoms with Crippen LogP contribution in [0.2, 0.25) is 0 Å². The summed E-state index contributed by atoms with van der Waals surface area (Å²) in [6, 6.07) is 52.5. The van der Waals surface area contributed by atoms with Gasteiger partial charge in [-0.1, -0.05) is 164 Å². The molecule has 0 aliphatic carbocycles. The number of benzene rings is 5. The van der Waals surface area contributed by atoms with E-state index in [1.807, 2.05) is 18.3 Å². The molecular formula is C44H32N2. The van der Waals surface area contributed by atoms with E-state index in [1.165, 1.54) is 0 Å². The highest BCUT2D eigenvalue weighted by Crippen LogP contribution is 2.34. The fourth-order valence-corrected chi connectivity index (χ4v) is 5.77. The van der Waals surface area contributed by atoms with Gasteiger partial charge in [-0.3, -0.25) is 4.98 Å². The number of fused-ring (bicyclic) bond motifs is 2. The molecule has 5 aromatic carbocycles. The van der Waals surface area contributed by atoms with Crippen LogP contribution >= 0.6 is 0 Å². The summed E-state index contributed by atoms with van der Waals surface area (Å²) in [6.45, 7) is 0. The molecule has 2 heteroatoms. The summed E-state index contributed by atoms with van der Waals surface area (Å²) in [4.78, 5) is 9.76. The van der Waals surface area contributed by atoms with Gasteiger partial charge in [-0.25, -0.2) is 4.98 Å². The van der Waals surface area contributed by atoms with Gasteiger partial charge in [-0.05, 0) is 57.7 Å². The van der Waals surface area contributed by atoms with Crippen molar-refractivity contribution in [2.45, 2.75) is 0 Å². The fourth-order valence-electron chi connectivity index (χ4n) is 5.77. The Balaban J connectivity index is 1.40. The molecule has 2 nitrogen and oxygen atoms in total. The second-order valence-corrected chi connectivity index (χ2v) is 11.0. The Morgan fingerprint density at radius 3 is 1.78 bits per heavy atom. The summed E-state index contributed by atoms with van der Waals surface area (Å²) in [6.07, 6.45) is 14.8. The van der Waals surface area contributed by atoms with Crippen molar-refractivity contribution < 1.29 is 0 Å². The molecule has 0 N–H and O–H groups in total. The minimum absolute atomic E-state index is 0.920. The van der Waals surface area contributed by atoms with Crippen molar-refractivity contribution in [1.82, 2.24) is 9.97 Å². The van der Waals surface area contributed by atoms with Gasteiger partial charge in [0.2, 0.25) is 0 Å². The van der Waals surface area contributed by atoms with Crippen LogP contribution in [0.3, 0.4) is 0 Å². The summed E-state index contributed by atoms with van der Waals surface area (Å²) in [5.74, 6) is 0. The van der Waals surface area contributed by atoms with Crippen molar-refractivity contribution >= 4 is 45.1 Å². The van der Waals surface area contributed by atoms with Crippen molar-refractivity contribution in [3.05, 3.63) is 216 Å². The van der Waals surface area contributed by atoms with Crippen LogP contribution < -0.4 is 0 Å². The quantitative estimate of drug-likeness (QED) is 0.165. The predicted octanol–water partition coefficient (Wildman–Crippen LogP) is 11.1. The number of para-hydroxylation sites is 2. The first-order chi connectivity index (χ1) is 22.8. The lowest BCUT2D eigenvalue weighted by Crippen LogP contribution is -1.98. The van der Waals surface area contributed by atoms with Crippen LogP contribution in [-0.4, -0.2) is 9.97 Å². The molecule has 0 aliphatic heterocycles. The maximum Gasteiger partial charge on any atom is 0.0721 e. The van der Waals surface area contributed by atoms with Crippen molar-refractivity contribution in [2.24, 2.45) is 0 Å². The van der Waals surface area contributed by atoms with Crippen molar-refractivity contribution in [3.8, 4) is 0 Å². The minimum atomic E-state index is 0.920. The highest BCUT2D eigenvalue weighted by atomic mass is 14.7. The highest BCUT2D eigenvalue weighted by molar-refractivity contribution is 5.99. The van der Waals surface area contributed by atoms with E-state index in [9.17, 15) is 0 Å². The van der Waals surface area contributed by atoms with E-state index in [0.717, 1.165) is 66.5 Å². The van der Waals surface area contributed by atoms with Crippen LogP contribution in [0.25, 0.3) is 45.1 Å². The van der Waals surface area contributed by atoms with E-state index >= 15 is 0 Å². The Morgan fingerprint density at radius 2 is 1.04 bits per heavy atom. The summed E-state index contributed by atoms with van der Waals surface area (Å²) >= 11 is 0. The molecule has 0 radical (unpaired) electrons. The van der Waals surface area contributed by atoms with Gasteiger partial charge in [-0.2, -0.15) is 0 Å². The maximum absolute atomic E-state index is 5.22. The second-order valence-electron chi connectivity index (χ2n) is 11.0. The van der Waals surface area contributed by atoms with Crippen molar-refractivity contribution in [1.29, 1.82) is 0 Å². The van der Waals surface area contributed by atoms with Gasteiger partial charge in [0.1, 0.15) is 0 Å². The highest BCUT2D eigenvalue weighted by Gasteiger charge is 2.15. The summed E-state index contributed by atoms with van der Waals surface area (Å²) in [5, 5.41) is 2.24. The molecule has 2 heterocycles. The van der Waals surface area contributed by atoms with Crippen LogP contribution in [0.5, 0.6) is 0 Å². The third-order valence-corrected chi connectivity index (χ3v) is 8.02. The van der Waals surface area contributed by atoms with Crippen LogP contribution in [0.4, 0.5) is 0 Å². The van der Waals surface area contributed by atoms with E-state index in [-0.39, 0.29) is 0 Å². The lowest BCUT2D eigenvalue weighted by atomic mass is 9.91. The molecule has 0 unspecified atom stereocenters. The smallest absolute Gasteiger partial charge is 0.0721 e. The largest absolute Gasteiger partial charge is 0.256 e. The number of allylic oxidation sites excluding steroid dienone is 4. The molecular weight excluding hydrogens is 556 g/mol. The molecule has 0 amide bonds. The normalized spacial score (nSPS) is 12.4. The third-order valence-electron chi connectivity index (χ3n) is 8.02. The molecule has 0 aliphatic rings. The first-order valence-electron chi connectivity index (χ1n) is 15.5. The van der Waals surface area contributed by atoms with Gasteiger partial charge >= 0.3 is 0 Å². The van der Waals surface area contributed by atoms with Crippen LogP contribution in [0, 0.1) is 0 Å². The molecule has 0 bridgehead atoms. The van der Waals surface area contributed by atoms with Crippen molar-refractivity contribution in [3.63, 3.8) is 0 Å². The first-order valence-corrected chi connectivity index (χ1v) is 15.5. The molecule has 0 saturated carbocycles. The average Bonchev–Trinajstić information content (AvgIpc) is 3.13. The zero-order valence-corrected chi connectivity index (χ0v) is 25.4. The van der Waals surface area contributed by atoms with Gasteiger partial charge in [0.15, 0.2) is 0 Å². The Hall–Kier alpha value is -6.12. The van der Waals surface area contributed by atoms with E-state index in [2.05, 4.69) is 181 Å². The number of nitrogens with zero attached hydrogens (tertiary/aromatic N) is 2. The molecule has 0 saturated heterocycles. The Bertz CT molecular complexity index is 2220. The van der Waals surface area contributed by atoms with Crippen LogP contribution in [-0.2, 0) is 0 Å². The zero-order chi connectivity index (χ0) is 31.0. The molecule has 0 spiro atoms. The van der Waals surface area contributed by atoms with E-state index in [0.29, 0.717) is 0 Å². The molecule has 0 fully saturated rings. The fraction of sp³-hybridized carbons (Fsp3) is 0. The number of rotatable bonds is 8. The van der Waals surface area contributed by atoms with Gasteiger partial charge < -0.3 is 0 Å². The predicted molar refractivity (Wildman–Crippen MR) is 195 cm³/mol. The molecule has 2 aromatic heterocycles. The lowest BCUT2D eigenvalue weighted by molar-refractivity contribution is 1.33. The van der Waals surface area contributed by atoms with E-state index in [1.54, 1.807) is 0 Å². The minimum Gasteiger partial charge on any atom is -0.256 e. The van der Waals surface area contributed by atoms with Crippen LogP contribution in [0.1, 0.15) is 33.5 Å². The first kappa shape index (κ1) is 28.6. The summed E-state index contributed by atoms with van der Waals surface area (Å²) < 4.78 is 0. The number of hydrogen-bond acceptors (Lipinski definition) is 2. The topological polar surface area (TPSA) is 25.8 Å². The van der Waals surface area contributed by atoms with Crippen molar-refractivity contribution in [2.75, 3.05) is 0 Å². The van der Waals surface area contributed by atoms with E-state index < -0.39 is 0 Å². The number of pyridine rings is 2. The second kappa shape index (κ2) is 13.7. The van der Waals surface area contributed by atoms with Gasteiger partial charge in [0.05, 0.1) is 16.7 Å². The molecule has 0 atom stereocenters. The molecule has 7 rings (SSSR count). The van der Waals surface area contributed by atoms with Gasteiger partial charge in [0.25, 0.3) is 0 Å². The monoisotopic (exact) mass is 588 g/mol. The lowest BCUT2D eigenvalue weighted by Gasteiger charge is -2.15. The zero-order valence-electron chi connectivity index (χ0n) is 25.4. The number of aromatic nitrogens is 2. The van der Waals surface area contributed by atoms with E-state index in [4.69, 9.17) is 4.98 Å². The number of hydrogen-bond donors (Lipinski definition) is 0. The van der Waals surface area contributed by atoms with Gasteiger partial charge in [-0.15, -0.1) is 0 Å². The maximum atomic E-state index is 5.22. The van der Waals surface area contributed by atoms with Crippen LogP contribution in [0.15, 0.2) is 182 Å². The SMILES string of the molecule is C(=C\c1ccccc1)/C=C(\c1ccccc1)c1cc(/C(=C/C=C/c2ccnc3ccccc23)c2ccccc2)c2ccccc2n1. The standard InChI is InChI=1S/C44H32N2/c1-4-16-33(17-5-1)18-14-27-39(35-21-8-3-9-22-35)44-32-41(40-25-11-13-29-43(40)46-44)37(34-19-6-2-7-20-34)26-15-23-36-30-31-45-42-28-12-10-24-38(36)42/h1-32H/b18-14+,23-15+,37-26+,39-27+. The summed E-state index contributed by atoms with van der Waals surface area (Å²) in [7, 11) is 0.